The summed E-state index contributed by atoms with van der Waals surface area (Å²) in [5.41, 5.74) is 1.40. The minimum absolute atomic E-state index is 0.138. The van der Waals surface area contributed by atoms with Crippen LogP contribution in [0.5, 0.6) is 11.5 Å². The first kappa shape index (κ1) is 20.7. The van der Waals surface area contributed by atoms with Crippen LogP contribution in [-0.2, 0) is 9.59 Å². The molecule has 1 aliphatic heterocycles. The average Bonchev–Trinajstić information content (AvgIpc) is 3.21. The molecule has 0 fully saturated rings. The lowest BCUT2D eigenvalue weighted by molar-refractivity contribution is -0.118. The fraction of sp³-hybridized carbons (Fsp3) is 0.238. The Kier molecular flexibility index (Phi) is 6.03. The zero-order chi connectivity index (χ0) is 21.8. The van der Waals surface area contributed by atoms with E-state index < -0.39 is 0 Å². The monoisotopic (exact) mass is 441 g/mol. The van der Waals surface area contributed by atoms with Gasteiger partial charge in [0.15, 0.2) is 18.1 Å². The highest BCUT2D eigenvalue weighted by Crippen LogP contribution is 2.35. The Labute approximate surface area is 183 Å². The van der Waals surface area contributed by atoms with E-state index >= 15 is 0 Å². The number of carbonyl (C=O) groups is 2. The summed E-state index contributed by atoms with van der Waals surface area (Å²) < 4.78 is 13.1. The molecule has 0 aliphatic carbocycles. The van der Waals surface area contributed by atoms with E-state index in [1.807, 2.05) is 13.0 Å². The molecule has 0 saturated carbocycles. The van der Waals surface area contributed by atoms with Crippen molar-refractivity contribution in [2.45, 2.75) is 19.4 Å². The summed E-state index contributed by atoms with van der Waals surface area (Å²) in [4.78, 5) is 28.3. The van der Waals surface area contributed by atoms with Crippen molar-refractivity contribution in [3.63, 3.8) is 0 Å². The van der Waals surface area contributed by atoms with Crippen LogP contribution >= 0.6 is 11.6 Å². The third-order valence-corrected chi connectivity index (χ3v) is 4.85. The summed E-state index contributed by atoms with van der Waals surface area (Å²) >= 11 is 5.93. The number of carbonyl (C=O) groups excluding carboxylic acids is 2. The summed E-state index contributed by atoms with van der Waals surface area (Å²) in [7, 11) is 0. The largest absolute Gasteiger partial charge is 0.490 e. The van der Waals surface area contributed by atoms with Gasteiger partial charge in [-0.3, -0.25) is 14.9 Å². The van der Waals surface area contributed by atoms with E-state index in [0.717, 1.165) is 5.56 Å². The van der Waals surface area contributed by atoms with E-state index in [0.29, 0.717) is 34.8 Å². The average molecular weight is 442 g/mol. The molecule has 0 radical (unpaired) electrons. The highest BCUT2D eigenvalue weighted by atomic mass is 35.5. The molecule has 2 amide bonds. The number of halogens is 1. The predicted octanol–water partition coefficient (Wildman–Crippen LogP) is 3.28. The molecular formula is C21H20ClN5O4. The lowest BCUT2D eigenvalue weighted by atomic mass is 10.0. The number of nitrogens with one attached hydrogen (secondary N) is 2. The van der Waals surface area contributed by atoms with Gasteiger partial charge in [0, 0.05) is 10.7 Å². The van der Waals surface area contributed by atoms with Gasteiger partial charge in [0.25, 0.3) is 5.91 Å². The Morgan fingerprint density at radius 3 is 2.94 bits per heavy atom. The number of nitrogens with zero attached hydrogens (tertiary/aromatic N) is 3. The molecule has 2 aromatic carbocycles. The van der Waals surface area contributed by atoms with Crippen molar-refractivity contribution in [2.24, 2.45) is 0 Å². The molecule has 31 heavy (non-hydrogen) atoms. The topological polar surface area (TPSA) is 107 Å². The second-order valence-corrected chi connectivity index (χ2v) is 7.22. The first-order valence-electron chi connectivity index (χ1n) is 9.68. The van der Waals surface area contributed by atoms with Crippen LogP contribution in [0.25, 0.3) is 0 Å². The molecule has 0 spiro atoms. The zero-order valence-corrected chi connectivity index (χ0v) is 17.4. The molecule has 3 aromatic rings. The van der Waals surface area contributed by atoms with E-state index in [4.69, 9.17) is 21.1 Å². The molecule has 9 nitrogen and oxygen atoms in total. The van der Waals surface area contributed by atoms with Gasteiger partial charge in [0.1, 0.15) is 6.33 Å². The molecule has 0 saturated heterocycles. The molecular weight excluding hydrogens is 422 g/mol. The molecule has 1 aliphatic rings. The minimum atomic E-state index is -0.329. The van der Waals surface area contributed by atoms with Crippen LogP contribution in [0, 0.1) is 0 Å². The second-order valence-electron chi connectivity index (χ2n) is 6.78. The van der Waals surface area contributed by atoms with Crippen LogP contribution in [-0.4, -0.2) is 39.8 Å². The molecule has 0 unspecified atom stereocenters. The van der Waals surface area contributed by atoms with Crippen LogP contribution in [0.3, 0.4) is 0 Å². The first-order chi connectivity index (χ1) is 15.0. The van der Waals surface area contributed by atoms with Crippen molar-refractivity contribution >= 4 is 35.1 Å². The molecule has 160 valence electrons. The number of anilines is 2. The number of hydrogen-bond donors (Lipinski definition) is 2. The SMILES string of the molecule is CCOc1cc([C@H]2CC(=O)Nc3ncnn32)ccc1OCC(=O)Nc1cccc(Cl)c1. The van der Waals surface area contributed by atoms with Crippen LogP contribution in [0.4, 0.5) is 11.6 Å². The van der Waals surface area contributed by atoms with Crippen LogP contribution in [0.15, 0.2) is 48.8 Å². The maximum Gasteiger partial charge on any atom is 0.262 e. The molecule has 4 rings (SSSR count). The minimum Gasteiger partial charge on any atom is -0.490 e. The van der Waals surface area contributed by atoms with Gasteiger partial charge >= 0.3 is 0 Å². The summed E-state index contributed by atoms with van der Waals surface area (Å²) in [6.45, 7) is 2.06. The summed E-state index contributed by atoms with van der Waals surface area (Å²) in [6.07, 6.45) is 1.62. The fourth-order valence-corrected chi connectivity index (χ4v) is 3.48. The van der Waals surface area contributed by atoms with Crippen molar-refractivity contribution < 1.29 is 19.1 Å². The maximum atomic E-state index is 12.2. The van der Waals surface area contributed by atoms with E-state index in [1.54, 1.807) is 41.1 Å². The molecule has 10 heteroatoms. The molecule has 1 aromatic heterocycles. The Morgan fingerprint density at radius 1 is 1.26 bits per heavy atom. The van der Waals surface area contributed by atoms with Crippen molar-refractivity contribution in [2.75, 3.05) is 23.8 Å². The van der Waals surface area contributed by atoms with Gasteiger partial charge in [-0.25, -0.2) is 4.68 Å². The smallest absolute Gasteiger partial charge is 0.262 e. The van der Waals surface area contributed by atoms with E-state index in [-0.39, 0.29) is 30.9 Å². The number of fused-ring (bicyclic) bond motifs is 1. The predicted molar refractivity (Wildman–Crippen MR) is 115 cm³/mol. The van der Waals surface area contributed by atoms with Crippen LogP contribution < -0.4 is 20.1 Å². The number of amides is 2. The lowest BCUT2D eigenvalue weighted by Gasteiger charge is -2.24. The quantitative estimate of drug-likeness (QED) is 0.582. The van der Waals surface area contributed by atoms with Crippen molar-refractivity contribution in [3.05, 3.63) is 59.4 Å². The molecule has 2 N–H and O–H groups in total. The van der Waals surface area contributed by atoms with Gasteiger partial charge in [-0.2, -0.15) is 10.1 Å². The van der Waals surface area contributed by atoms with Crippen molar-refractivity contribution in [3.8, 4) is 11.5 Å². The third kappa shape index (κ3) is 4.77. The zero-order valence-electron chi connectivity index (χ0n) is 16.7. The summed E-state index contributed by atoms with van der Waals surface area (Å²) in [5, 5.41) is 10.2. The molecule has 0 bridgehead atoms. The number of benzene rings is 2. The van der Waals surface area contributed by atoms with Crippen LogP contribution in [0.1, 0.15) is 24.9 Å². The normalized spacial score (nSPS) is 15.0. The Balaban J connectivity index is 1.49. The summed E-state index contributed by atoms with van der Waals surface area (Å²) in [5.74, 6) is 0.831. The van der Waals surface area contributed by atoms with Gasteiger partial charge in [-0.05, 0) is 42.8 Å². The van der Waals surface area contributed by atoms with Gasteiger partial charge in [0.2, 0.25) is 11.9 Å². The van der Waals surface area contributed by atoms with Crippen molar-refractivity contribution in [1.29, 1.82) is 0 Å². The third-order valence-electron chi connectivity index (χ3n) is 4.62. The number of hydrogen-bond acceptors (Lipinski definition) is 6. The van der Waals surface area contributed by atoms with Gasteiger partial charge in [-0.15, -0.1) is 0 Å². The summed E-state index contributed by atoms with van der Waals surface area (Å²) in [6, 6.07) is 11.9. The van der Waals surface area contributed by atoms with Crippen LogP contribution in [0.2, 0.25) is 5.02 Å². The highest BCUT2D eigenvalue weighted by molar-refractivity contribution is 6.30. The lowest BCUT2D eigenvalue weighted by Crippen LogP contribution is -2.29. The van der Waals surface area contributed by atoms with E-state index in [1.165, 1.54) is 6.33 Å². The first-order valence-corrected chi connectivity index (χ1v) is 10.1. The number of ether oxygens (including phenoxy) is 2. The van der Waals surface area contributed by atoms with Crippen molar-refractivity contribution in [1.82, 2.24) is 14.8 Å². The standard InChI is InChI=1S/C21H20ClN5O4/c1-2-30-18-8-13(16-10-19(28)26-21-23-12-24-27(16)21)6-7-17(18)31-11-20(29)25-15-5-3-4-14(22)9-15/h3-9,12,16H,2,10-11H2,1H3,(H,25,29)(H,23,24,26,28)/t16-/m1/s1. The van der Waals surface area contributed by atoms with Gasteiger partial charge < -0.3 is 14.8 Å². The van der Waals surface area contributed by atoms with Gasteiger partial charge in [-0.1, -0.05) is 23.7 Å². The fourth-order valence-electron chi connectivity index (χ4n) is 3.29. The van der Waals surface area contributed by atoms with Gasteiger partial charge in [0.05, 0.1) is 19.1 Å². The van der Waals surface area contributed by atoms with E-state index in [2.05, 4.69) is 20.7 Å². The number of rotatable bonds is 7. The number of aromatic nitrogens is 3. The second kappa shape index (κ2) is 9.05. The Hall–Kier alpha value is -3.59. The Morgan fingerprint density at radius 2 is 2.13 bits per heavy atom. The molecule has 1 atom stereocenters. The maximum absolute atomic E-state index is 12.2. The highest BCUT2D eigenvalue weighted by Gasteiger charge is 2.28. The Bertz CT molecular complexity index is 1120. The molecule has 2 heterocycles. The van der Waals surface area contributed by atoms with E-state index in [9.17, 15) is 9.59 Å².